The van der Waals surface area contributed by atoms with Gasteiger partial charge in [-0.2, -0.15) is 0 Å². The third kappa shape index (κ3) is 5.06. The molecule has 0 heterocycles. The number of nitrogens with one attached hydrogen (secondary N) is 1. The lowest BCUT2D eigenvalue weighted by molar-refractivity contribution is -0.145. The van der Waals surface area contributed by atoms with Crippen molar-refractivity contribution in [1.82, 2.24) is 5.32 Å². The summed E-state index contributed by atoms with van der Waals surface area (Å²) in [5, 5.41) is 12.0. The first-order chi connectivity index (χ1) is 13.0. The van der Waals surface area contributed by atoms with Gasteiger partial charge in [0.05, 0.1) is 6.54 Å². The van der Waals surface area contributed by atoms with Gasteiger partial charge in [0.25, 0.3) is 0 Å². The van der Waals surface area contributed by atoms with Gasteiger partial charge in [0.2, 0.25) is 12.0 Å². The monoisotopic (exact) mass is 371 g/mol. The fourth-order valence-electron chi connectivity index (χ4n) is 3.43. The van der Waals surface area contributed by atoms with E-state index in [0.717, 1.165) is 19.3 Å². The first kappa shape index (κ1) is 18.9. The summed E-state index contributed by atoms with van der Waals surface area (Å²) in [6.07, 6.45) is 2.10. The van der Waals surface area contributed by atoms with Crippen LogP contribution in [0.1, 0.15) is 36.3 Å². The van der Waals surface area contributed by atoms with Gasteiger partial charge in [0.1, 0.15) is 11.6 Å². The smallest absolute Gasteiger partial charge is 0.346 e. The maximum absolute atomic E-state index is 12.9. The van der Waals surface area contributed by atoms with Gasteiger partial charge in [0.15, 0.2) is 0 Å². The Balaban J connectivity index is 1.55. The third-order valence-electron chi connectivity index (χ3n) is 4.78. The van der Waals surface area contributed by atoms with E-state index < -0.39 is 17.9 Å². The molecular weight excluding hydrogens is 349 g/mol. The highest BCUT2D eigenvalue weighted by molar-refractivity contribution is 5.79. The number of carbonyl (C=O) groups excluding carboxylic acids is 1. The van der Waals surface area contributed by atoms with Crippen molar-refractivity contribution in [2.45, 2.75) is 37.7 Å². The number of aliphatic carboxylic acids is 1. The third-order valence-corrected chi connectivity index (χ3v) is 4.78. The average molecular weight is 371 g/mol. The molecule has 27 heavy (non-hydrogen) atoms. The lowest BCUT2D eigenvalue weighted by atomic mass is 9.81. The Hall–Kier alpha value is -2.89. The molecule has 0 aromatic heterocycles. The van der Waals surface area contributed by atoms with Crippen molar-refractivity contribution in [2.24, 2.45) is 0 Å². The Bertz CT molecular complexity index is 806. The number of hydrogen-bond donors (Lipinski definition) is 2. The van der Waals surface area contributed by atoms with Crippen LogP contribution in [0.15, 0.2) is 48.5 Å². The fraction of sp³-hybridized carbons (Fsp3) is 0.333. The van der Waals surface area contributed by atoms with Crippen LogP contribution in [0.3, 0.4) is 0 Å². The molecule has 0 fully saturated rings. The van der Waals surface area contributed by atoms with E-state index in [2.05, 4.69) is 17.4 Å². The van der Waals surface area contributed by atoms with Crippen LogP contribution in [0.5, 0.6) is 5.75 Å². The van der Waals surface area contributed by atoms with Crippen molar-refractivity contribution in [3.05, 3.63) is 65.5 Å². The zero-order valence-electron chi connectivity index (χ0n) is 14.9. The Morgan fingerprint density at radius 2 is 1.93 bits per heavy atom. The zero-order valence-corrected chi connectivity index (χ0v) is 14.9. The van der Waals surface area contributed by atoms with Crippen LogP contribution in [0.4, 0.5) is 4.39 Å². The predicted octanol–water partition coefficient (Wildman–Crippen LogP) is 3.28. The van der Waals surface area contributed by atoms with Crippen molar-refractivity contribution in [1.29, 1.82) is 0 Å². The number of carboxylic acid groups (broad SMARTS) is 1. The number of carbonyl (C=O) groups is 2. The van der Waals surface area contributed by atoms with Gasteiger partial charge in [-0.15, -0.1) is 0 Å². The molecule has 0 saturated carbocycles. The van der Waals surface area contributed by atoms with E-state index in [0.29, 0.717) is 6.42 Å². The minimum Gasteiger partial charge on any atom is -0.478 e. The second-order valence-electron chi connectivity index (χ2n) is 6.69. The summed E-state index contributed by atoms with van der Waals surface area (Å²) in [6, 6.07) is 13.2. The largest absolute Gasteiger partial charge is 0.478 e. The van der Waals surface area contributed by atoms with Gasteiger partial charge in [-0.3, -0.25) is 4.79 Å². The molecule has 2 N–H and O–H groups in total. The summed E-state index contributed by atoms with van der Waals surface area (Å²) in [7, 11) is 0. The minimum absolute atomic E-state index is 0.149. The van der Waals surface area contributed by atoms with E-state index >= 15 is 0 Å². The van der Waals surface area contributed by atoms with Crippen molar-refractivity contribution in [3.8, 4) is 5.75 Å². The van der Waals surface area contributed by atoms with Gasteiger partial charge in [-0.05, 0) is 60.6 Å². The standard InChI is InChI=1S/C21H22FNO4/c22-16-8-10-17(11-9-16)27-19(21(25)26)13-23-20(24)12-15-6-3-5-14-4-1-2-7-18(14)15/h1-2,4,7-11,15,19H,3,5-6,12-13H2,(H,23,24)(H,25,26). The quantitative estimate of drug-likeness (QED) is 0.783. The number of carboxylic acids is 1. The van der Waals surface area contributed by atoms with E-state index in [1.807, 2.05) is 12.1 Å². The number of benzene rings is 2. The lowest BCUT2D eigenvalue weighted by Gasteiger charge is -2.25. The van der Waals surface area contributed by atoms with Crippen molar-refractivity contribution < 1.29 is 23.8 Å². The summed E-state index contributed by atoms with van der Waals surface area (Å²) in [5.41, 5.74) is 2.49. The molecule has 1 aliphatic rings. The molecule has 3 rings (SSSR count). The van der Waals surface area contributed by atoms with Gasteiger partial charge in [-0.1, -0.05) is 24.3 Å². The number of amides is 1. The first-order valence-electron chi connectivity index (χ1n) is 9.02. The second kappa shape index (κ2) is 8.66. The van der Waals surface area contributed by atoms with Crippen LogP contribution in [-0.2, 0) is 16.0 Å². The molecule has 2 unspecified atom stereocenters. The fourth-order valence-corrected chi connectivity index (χ4v) is 3.43. The maximum atomic E-state index is 12.9. The summed E-state index contributed by atoms with van der Waals surface area (Å²) < 4.78 is 18.3. The molecule has 6 heteroatoms. The molecule has 142 valence electrons. The van der Waals surface area contributed by atoms with Gasteiger partial charge >= 0.3 is 5.97 Å². The first-order valence-corrected chi connectivity index (χ1v) is 9.02. The van der Waals surface area contributed by atoms with Crippen LogP contribution in [0, 0.1) is 5.82 Å². The molecule has 0 bridgehead atoms. The topological polar surface area (TPSA) is 75.6 Å². The van der Waals surface area contributed by atoms with Crippen LogP contribution in [0.2, 0.25) is 0 Å². The molecule has 2 atom stereocenters. The SMILES string of the molecule is O=C(CC1CCCc2ccccc21)NCC(Oc1ccc(F)cc1)C(=O)O. The Morgan fingerprint density at radius 1 is 1.19 bits per heavy atom. The van der Waals surface area contributed by atoms with Crippen LogP contribution in [-0.4, -0.2) is 29.6 Å². The minimum atomic E-state index is -1.24. The molecule has 2 aromatic rings. The highest BCUT2D eigenvalue weighted by Crippen LogP contribution is 2.33. The van der Waals surface area contributed by atoms with E-state index in [9.17, 15) is 19.1 Å². The van der Waals surface area contributed by atoms with E-state index in [-0.39, 0.29) is 24.1 Å². The normalized spacial score (nSPS) is 16.9. The van der Waals surface area contributed by atoms with Gasteiger partial charge < -0.3 is 15.2 Å². The summed E-state index contributed by atoms with van der Waals surface area (Å²) in [5.74, 6) is -1.45. The van der Waals surface area contributed by atoms with Gasteiger partial charge in [-0.25, -0.2) is 9.18 Å². The van der Waals surface area contributed by atoms with Crippen LogP contribution < -0.4 is 10.1 Å². The molecule has 2 aromatic carbocycles. The van der Waals surface area contributed by atoms with Crippen molar-refractivity contribution in [2.75, 3.05) is 6.54 Å². The number of rotatable bonds is 7. The highest BCUT2D eigenvalue weighted by Gasteiger charge is 2.24. The molecule has 0 saturated heterocycles. The average Bonchev–Trinajstić information content (AvgIpc) is 2.66. The van der Waals surface area contributed by atoms with Crippen LogP contribution >= 0.6 is 0 Å². The number of ether oxygens (including phenoxy) is 1. The Labute approximate surface area is 157 Å². The Kier molecular flexibility index (Phi) is 6.06. The predicted molar refractivity (Wildman–Crippen MR) is 98.2 cm³/mol. The van der Waals surface area contributed by atoms with Crippen LogP contribution in [0.25, 0.3) is 0 Å². The molecule has 0 spiro atoms. The molecular formula is C21H22FNO4. The van der Waals surface area contributed by atoms with E-state index in [1.165, 1.54) is 35.4 Å². The maximum Gasteiger partial charge on any atom is 0.346 e. The Morgan fingerprint density at radius 3 is 2.67 bits per heavy atom. The number of hydrogen-bond acceptors (Lipinski definition) is 3. The molecule has 0 radical (unpaired) electrons. The zero-order chi connectivity index (χ0) is 19.2. The van der Waals surface area contributed by atoms with Gasteiger partial charge in [0, 0.05) is 6.42 Å². The van der Waals surface area contributed by atoms with Crippen molar-refractivity contribution >= 4 is 11.9 Å². The van der Waals surface area contributed by atoms with E-state index in [4.69, 9.17) is 4.74 Å². The molecule has 5 nitrogen and oxygen atoms in total. The van der Waals surface area contributed by atoms with Crippen molar-refractivity contribution in [3.63, 3.8) is 0 Å². The molecule has 1 amide bonds. The number of halogens is 1. The summed E-state index contributed by atoms with van der Waals surface area (Å²) in [4.78, 5) is 23.7. The number of aryl methyl sites for hydroxylation is 1. The number of fused-ring (bicyclic) bond motifs is 1. The second-order valence-corrected chi connectivity index (χ2v) is 6.69. The summed E-state index contributed by atoms with van der Waals surface area (Å²) in [6.45, 7) is -0.153. The lowest BCUT2D eigenvalue weighted by Crippen LogP contribution is -2.40. The molecule has 0 aliphatic heterocycles. The highest BCUT2D eigenvalue weighted by atomic mass is 19.1. The molecule has 1 aliphatic carbocycles. The van der Waals surface area contributed by atoms with E-state index in [1.54, 1.807) is 0 Å². The summed E-state index contributed by atoms with van der Waals surface area (Å²) >= 11 is 0.